The lowest BCUT2D eigenvalue weighted by molar-refractivity contribution is -0.178. The number of nitrogens with zero attached hydrogens (tertiary/aromatic N) is 1. The van der Waals surface area contributed by atoms with E-state index in [1.165, 1.54) is 18.2 Å². The molecule has 1 heterocycles. The first-order chi connectivity index (χ1) is 9.58. The van der Waals surface area contributed by atoms with Crippen molar-refractivity contribution in [3.05, 3.63) is 23.8 Å². The van der Waals surface area contributed by atoms with Crippen LogP contribution in [-0.2, 0) is 4.74 Å². The number of rotatable bonds is 3. The lowest BCUT2D eigenvalue weighted by Gasteiger charge is -2.47. The van der Waals surface area contributed by atoms with Gasteiger partial charge in [-0.15, -0.1) is 0 Å². The topological polar surface area (TPSA) is 70.0 Å². The smallest absolute Gasteiger partial charge is 0.180 e. The third kappa shape index (κ3) is 3.95. The molecule has 21 heavy (non-hydrogen) atoms. The molecule has 0 amide bonds. The maximum Gasteiger partial charge on any atom is 0.180 e. The van der Waals surface area contributed by atoms with Gasteiger partial charge in [0.15, 0.2) is 5.78 Å². The molecule has 0 aliphatic carbocycles. The summed E-state index contributed by atoms with van der Waals surface area (Å²) in [4.78, 5) is 14.4. The third-order valence-corrected chi connectivity index (χ3v) is 3.41. The van der Waals surface area contributed by atoms with E-state index in [0.29, 0.717) is 13.1 Å². The number of ether oxygens (including phenoxy) is 1. The van der Waals surface area contributed by atoms with Crippen molar-refractivity contribution in [1.82, 2.24) is 4.90 Å². The number of carbonyl (C=O) groups is 1. The molecule has 2 rings (SSSR count). The number of hydrogen-bond acceptors (Lipinski definition) is 5. The fraction of sp³-hybridized carbons (Fsp3) is 0.562. The van der Waals surface area contributed by atoms with E-state index >= 15 is 0 Å². The summed E-state index contributed by atoms with van der Waals surface area (Å²) >= 11 is 0. The maximum absolute atomic E-state index is 12.3. The average Bonchev–Trinajstić information content (AvgIpc) is 2.23. The Hall–Kier alpha value is -1.59. The minimum absolute atomic E-state index is 0.0577. The molecule has 0 saturated carbocycles. The Morgan fingerprint density at radius 1 is 1.19 bits per heavy atom. The van der Waals surface area contributed by atoms with Gasteiger partial charge in [0.2, 0.25) is 0 Å². The van der Waals surface area contributed by atoms with E-state index in [0.717, 1.165) is 0 Å². The maximum atomic E-state index is 12.3. The summed E-state index contributed by atoms with van der Waals surface area (Å²) in [7, 11) is 0. The number of hydrogen-bond donors (Lipinski definition) is 2. The fourth-order valence-electron chi connectivity index (χ4n) is 3.10. The second-order valence-corrected chi connectivity index (χ2v) is 6.89. The molecule has 5 heteroatoms. The molecule has 1 aromatic carbocycles. The van der Waals surface area contributed by atoms with Crippen LogP contribution in [0.4, 0.5) is 0 Å². The third-order valence-electron chi connectivity index (χ3n) is 3.41. The van der Waals surface area contributed by atoms with Crippen LogP contribution in [-0.4, -0.2) is 51.7 Å². The largest absolute Gasteiger partial charge is 0.508 e. The summed E-state index contributed by atoms with van der Waals surface area (Å²) in [5.74, 6) is -0.412. The van der Waals surface area contributed by atoms with Gasteiger partial charge in [-0.2, -0.15) is 0 Å². The molecule has 0 radical (unpaired) electrons. The van der Waals surface area contributed by atoms with E-state index in [2.05, 4.69) is 0 Å². The van der Waals surface area contributed by atoms with Gasteiger partial charge in [-0.25, -0.2) is 0 Å². The number of phenols is 2. The minimum Gasteiger partial charge on any atom is -0.508 e. The summed E-state index contributed by atoms with van der Waals surface area (Å²) in [6.45, 7) is 9.54. The first-order valence-corrected chi connectivity index (χ1v) is 7.06. The van der Waals surface area contributed by atoms with E-state index in [1.807, 2.05) is 32.6 Å². The van der Waals surface area contributed by atoms with Gasteiger partial charge in [0.1, 0.15) is 11.5 Å². The van der Waals surface area contributed by atoms with Gasteiger partial charge in [0.25, 0.3) is 0 Å². The molecule has 0 unspecified atom stereocenters. The summed E-state index contributed by atoms with van der Waals surface area (Å²) < 4.78 is 5.98. The number of phenolic OH excluding ortho intramolecular Hbond substituents is 2. The SMILES string of the molecule is CC1(C)CN(CC(=O)c2ccc(O)cc2O)CC(C)(C)O1. The van der Waals surface area contributed by atoms with Gasteiger partial charge in [0.05, 0.1) is 23.3 Å². The number of aromatic hydroxyl groups is 2. The second kappa shape index (κ2) is 5.31. The van der Waals surface area contributed by atoms with Gasteiger partial charge >= 0.3 is 0 Å². The molecule has 1 aliphatic rings. The first kappa shape index (κ1) is 15.8. The molecular formula is C16H23NO4. The summed E-state index contributed by atoms with van der Waals surface area (Å²) in [5, 5.41) is 19.1. The number of carbonyl (C=O) groups excluding carboxylic acids is 1. The number of morpholine rings is 1. The Morgan fingerprint density at radius 3 is 2.29 bits per heavy atom. The monoisotopic (exact) mass is 293 g/mol. The zero-order valence-corrected chi connectivity index (χ0v) is 13.0. The van der Waals surface area contributed by atoms with Crippen LogP contribution in [0.5, 0.6) is 11.5 Å². The van der Waals surface area contributed by atoms with Crippen molar-refractivity contribution >= 4 is 5.78 Å². The Kier molecular flexibility index (Phi) is 4.00. The Labute approximate surface area is 125 Å². The van der Waals surface area contributed by atoms with Crippen molar-refractivity contribution in [2.75, 3.05) is 19.6 Å². The normalized spacial score (nSPS) is 21.1. The molecule has 0 atom stereocenters. The molecule has 1 aromatic rings. The standard InChI is InChI=1S/C16H23NO4/c1-15(2)9-17(10-16(3,4)21-15)8-14(20)12-6-5-11(18)7-13(12)19/h5-7,18-19H,8-10H2,1-4H3. The van der Waals surface area contributed by atoms with Crippen LogP contribution in [0.2, 0.25) is 0 Å². The van der Waals surface area contributed by atoms with Gasteiger partial charge in [-0.05, 0) is 39.8 Å². The van der Waals surface area contributed by atoms with Crippen LogP contribution >= 0.6 is 0 Å². The zero-order chi connectivity index (χ0) is 15.8. The highest BCUT2D eigenvalue weighted by Crippen LogP contribution is 2.29. The van der Waals surface area contributed by atoms with Crippen LogP contribution in [0.1, 0.15) is 38.1 Å². The van der Waals surface area contributed by atoms with Gasteiger partial charge in [0, 0.05) is 19.2 Å². The van der Waals surface area contributed by atoms with Crippen LogP contribution in [0.15, 0.2) is 18.2 Å². The molecule has 116 valence electrons. The summed E-state index contributed by atoms with van der Waals surface area (Å²) in [6.07, 6.45) is 0. The van der Waals surface area contributed by atoms with E-state index in [-0.39, 0.29) is 40.6 Å². The first-order valence-electron chi connectivity index (χ1n) is 7.06. The van der Waals surface area contributed by atoms with Gasteiger partial charge in [-0.3, -0.25) is 9.69 Å². The lowest BCUT2D eigenvalue weighted by Crippen LogP contribution is -2.58. The number of ketones is 1. The van der Waals surface area contributed by atoms with Crippen molar-refractivity contribution in [2.24, 2.45) is 0 Å². The minimum atomic E-state index is -0.320. The fourth-order valence-corrected chi connectivity index (χ4v) is 3.10. The molecule has 1 fully saturated rings. The average molecular weight is 293 g/mol. The van der Waals surface area contributed by atoms with Crippen LogP contribution in [0.25, 0.3) is 0 Å². The highest BCUT2D eigenvalue weighted by Gasteiger charge is 2.38. The van der Waals surface area contributed by atoms with Crippen LogP contribution in [0.3, 0.4) is 0 Å². The molecule has 1 aliphatic heterocycles. The predicted octanol–water partition coefficient (Wildman–Crippen LogP) is 2.17. The van der Waals surface area contributed by atoms with Crippen molar-refractivity contribution in [2.45, 2.75) is 38.9 Å². The van der Waals surface area contributed by atoms with Gasteiger partial charge < -0.3 is 14.9 Å². The molecule has 0 bridgehead atoms. The Morgan fingerprint density at radius 2 is 1.76 bits per heavy atom. The zero-order valence-electron chi connectivity index (χ0n) is 13.0. The highest BCUT2D eigenvalue weighted by molar-refractivity contribution is 6.00. The van der Waals surface area contributed by atoms with Crippen LogP contribution < -0.4 is 0 Å². The highest BCUT2D eigenvalue weighted by atomic mass is 16.5. The molecule has 5 nitrogen and oxygen atoms in total. The van der Waals surface area contributed by atoms with E-state index in [9.17, 15) is 15.0 Å². The van der Waals surface area contributed by atoms with E-state index in [4.69, 9.17) is 4.74 Å². The summed E-state index contributed by atoms with van der Waals surface area (Å²) in [5.41, 5.74) is -0.409. The quantitative estimate of drug-likeness (QED) is 0.836. The van der Waals surface area contributed by atoms with Crippen molar-refractivity contribution in [3.63, 3.8) is 0 Å². The molecule has 0 spiro atoms. The van der Waals surface area contributed by atoms with Crippen molar-refractivity contribution < 1.29 is 19.7 Å². The molecular weight excluding hydrogens is 270 g/mol. The second-order valence-electron chi connectivity index (χ2n) is 6.89. The Balaban J connectivity index is 2.12. The number of Topliss-reactive ketones (excluding diaryl/α,β-unsaturated/α-hetero) is 1. The molecule has 0 aromatic heterocycles. The predicted molar refractivity (Wildman–Crippen MR) is 79.8 cm³/mol. The Bertz CT molecular complexity index is 535. The van der Waals surface area contributed by atoms with Crippen LogP contribution in [0, 0.1) is 0 Å². The molecule has 1 saturated heterocycles. The number of benzene rings is 1. The molecule has 2 N–H and O–H groups in total. The lowest BCUT2D eigenvalue weighted by atomic mass is 9.98. The van der Waals surface area contributed by atoms with Crippen molar-refractivity contribution in [3.8, 4) is 11.5 Å². The summed E-state index contributed by atoms with van der Waals surface area (Å²) in [6, 6.07) is 4.03. The van der Waals surface area contributed by atoms with E-state index < -0.39 is 0 Å². The van der Waals surface area contributed by atoms with Gasteiger partial charge in [-0.1, -0.05) is 0 Å². The van der Waals surface area contributed by atoms with E-state index in [1.54, 1.807) is 0 Å². The van der Waals surface area contributed by atoms with Crippen molar-refractivity contribution in [1.29, 1.82) is 0 Å².